The minimum absolute atomic E-state index is 0.309. The molecule has 41 heavy (non-hydrogen) atoms. The Balaban J connectivity index is 4.59. The summed E-state index contributed by atoms with van der Waals surface area (Å²) in [5.74, 6) is 0. The maximum absolute atomic E-state index is 2.97. The predicted octanol–water partition coefficient (Wildman–Crippen LogP) is 14.6. The van der Waals surface area contributed by atoms with Crippen molar-refractivity contribution in [1.82, 2.24) is 4.90 Å². The minimum Gasteiger partial charge on any atom is -0.293 e. The average Bonchev–Trinajstić information content (AvgIpc) is 2.94. The van der Waals surface area contributed by atoms with Gasteiger partial charge in [-0.05, 0) is 53.5 Å². The molecular weight excluding hydrogens is 494 g/mol. The van der Waals surface area contributed by atoms with Crippen molar-refractivity contribution in [1.29, 1.82) is 0 Å². The van der Waals surface area contributed by atoms with Gasteiger partial charge in [-0.25, -0.2) is 0 Å². The lowest BCUT2D eigenvalue weighted by atomic mass is 9.85. The molecule has 0 aliphatic heterocycles. The van der Waals surface area contributed by atoms with Gasteiger partial charge in [-0.15, -0.1) is 0 Å². The van der Waals surface area contributed by atoms with Crippen LogP contribution in [0.5, 0.6) is 0 Å². The van der Waals surface area contributed by atoms with E-state index >= 15 is 0 Å². The van der Waals surface area contributed by atoms with Gasteiger partial charge in [0.05, 0.1) is 0 Å². The predicted molar refractivity (Wildman–Crippen MR) is 190 cm³/mol. The Morgan fingerprint density at radius 1 is 0.293 bits per heavy atom. The Bertz CT molecular complexity index is 473. The smallest absolute Gasteiger partial charge is 0.0158 e. The van der Waals surface area contributed by atoms with Crippen LogP contribution in [0.25, 0.3) is 0 Å². The molecule has 1 heteroatoms. The van der Waals surface area contributed by atoms with Crippen molar-refractivity contribution in [2.45, 2.75) is 252 Å². The average molecular weight is 578 g/mol. The summed E-state index contributed by atoms with van der Waals surface area (Å²) in [4.78, 5) is 2.97. The quantitative estimate of drug-likeness (QED) is 0.0701. The third kappa shape index (κ3) is 25.0. The molecule has 0 amide bonds. The van der Waals surface area contributed by atoms with Crippen LogP contribution in [0.4, 0.5) is 0 Å². The highest BCUT2D eigenvalue weighted by molar-refractivity contribution is 4.92. The molecule has 1 nitrogen and oxygen atoms in total. The lowest BCUT2D eigenvalue weighted by Crippen LogP contribution is -2.55. The third-order valence-corrected chi connectivity index (χ3v) is 9.98. The summed E-state index contributed by atoms with van der Waals surface area (Å²) in [6.07, 6.45) is 42.9. The Hall–Kier alpha value is -0.0400. The molecule has 0 N–H and O–H groups in total. The Morgan fingerprint density at radius 2 is 0.512 bits per heavy atom. The van der Waals surface area contributed by atoms with E-state index in [-0.39, 0.29) is 0 Å². The molecule has 0 aliphatic carbocycles. The zero-order valence-corrected chi connectivity index (χ0v) is 30.4. The Morgan fingerprint density at radius 3 is 0.780 bits per heavy atom. The largest absolute Gasteiger partial charge is 0.293 e. The van der Waals surface area contributed by atoms with Gasteiger partial charge in [-0.3, -0.25) is 4.90 Å². The number of unbranched alkanes of at least 4 members (excludes halogenated alkanes) is 25. The second-order valence-corrected chi connectivity index (χ2v) is 15.1. The summed E-state index contributed by atoms with van der Waals surface area (Å²) in [7, 11) is 0. The third-order valence-electron chi connectivity index (χ3n) is 9.98. The van der Waals surface area contributed by atoms with Crippen LogP contribution in [0.3, 0.4) is 0 Å². The minimum atomic E-state index is 0.309. The molecule has 0 bridgehead atoms. The van der Waals surface area contributed by atoms with Crippen LogP contribution in [0.2, 0.25) is 0 Å². The first kappa shape index (κ1) is 41.0. The molecule has 0 unspecified atom stereocenters. The van der Waals surface area contributed by atoms with Gasteiger partial charge in [0.15, 0.2) is 0 Å². The van der Waals surface area contributed by atoms with Crippen molar-refractivity contribution in [2.24, 2.45) is 0 Å². The van der Waals surface area contributed by atoms with Gasteiger partial charge >= 0.3 is 0 Å². The summed E-state index contributed by atoms with van der Waals surface area (Å²) in [5.41, 5.74) is 0.617. The van der Waals surface area contributed by atoms with E-state index in [2.05, 4.69) is 53.4 Å². The fraction of sp³-hybridized carbons (Fsp3) is 1.00. The molecule has 0 radical (unpaired) electrons. The number of nitrogens with zero attached hydrogens (tertiary/aromatic N) is 1. The Kier molecular flexibility index (Phi) is 28.7. The first-order chi connectivity index (χ1) is 19.8. The van der Waals surface area contributed by atoms with E-state index in [1.165, 1.54) is 199 Å². The van der Waals surface area contributed by atoms with Crippen LogP contribution in [-0.4, -0.2) is 22.5 Å². The standard InChI is InChI=1S/C40H83N/c1-8-11-14-17-20-23-26-29-32-35-38-41(39(4,5)36-33-30-27-24-21-18-15-12-9-2)40(6,7)37-34-31-28-25-22-19-16-13-10-3/h8-38H2,1-7H3. The highest BCUT2D eigenvalue weighted by atomic mass is 15.2. The summed E-state index contributed by atoms with van der Waals surface area (Å²) < 4.78 is 0. The molecular formula is C40H83N. The molecule has 0 saturated carbocycles. The molecule has 0 saturated heterocycles. The summed E-state index contributed by atoms with van der Waals surface area (Å²) >= 11 is 0. The van der Waals surface area contributed by atoms with Crippen LogP contribution < -0.4 is 0 Å². The van der Waals surface area contributed by atoms with E-state index in [0.29, 0.717) is 11.1 Å². The van der Waals surface area contributed by atoms with Crippen molar-refractivity contribution in [3.05, 3.63) is 0 Å². The Labute approximate surface area is 263 Å². The van der Waals surface area contributed by atoms with Gasteiger partial charge in [0, 0.05) is 11.1 Å². The van der Waals surface area contributed by atoms with Crippen LogP contribution in [-0.2, 0) is 0 Å². The summed E-state index contributed by atoms with van der Waals surface area (Å²) in [5, 5.41) is 0. The van der Waals surface area contributed by atoms with E-state index in [1.54, 1.807) is 0 Å². The molecule has 0 aromatic heterocycles. The number of rotatable bonds is 33. The SMILES string of the molecule is CCCCCCCCCCCCN(C(C)(C)CCCCCCCCCCC)C(C)(C)CCCCCCCCCCC. The maximum Gasteiger partial charge on any atom is 0.0158 e. The molecule has 0 atom stereocenters. The highest BCUT2D eigenvalue weighted by Gasteiger charge is 2.36. The van der Waals surface area contributed by atoms with Gasteiger partial charge in [0.2, 0.25) is 0 Å². The van der Waals surface area contributed by atoms with Crippen molar-refractivity contribution >= 4 is 0 Å². The van der Waals surface area contributed by atoms with E-state index in [9.17, 15) is 0 Å². The van der Waals surface area contributed by atoms with E-state index in [1.807, 2.05) is 0 Å². The van der Waals surface area contributed by atoms with Gasteiger partial charge in [0.1, 0.15) is 0 Å². The van der Waals surface area contributed by atoms with Crippen LogP contribution in [0.15, 0.2) is 0 Å². The van der Waals surface area contributed by atoms with Crippen molar-refractivity contribution in [3.8, 4) is 0 Å². The number of hydrogen-bond acceptors (Lipinski definition) is 1. The first-order valence-corrected chi connectivity index (χ1v) is 19.6. The van der Waals surface area contributed by atoms with Crippen LogP contribution in [0.1, 0.15) is 241 Å². The van der Waals surface area contributed by atoms with Gasteiger partial charge in [-0.1, -0.05) is 194 Å². The van der Waals surface area contributed by atoms with E-state index < -0.39 is 0 Å². The van der Waals surface area contributed by atoms with Crippen LogP contribution >= 0.6 is 0 Å². The highest BCUT2D eigenvalue weighted by Crippen LogP contribution is 2.34. The zero-order chi connectivity index (χ0) is 30.5. The van der Waals surface area contributed by atoms with Crippen molar-refractivity contribution < 1.29 is 0 Å². The summed E-state index contributed by atoms with van der Waals surface area (Å²) in [6, 6.07) is 0. The van der Waals surface area contributed by atoms with Crippen LogP contribution in [0, 0.1) is 0 Å². The van der Waals surface area contributed by atoms with E-state index in [4.69, 9.17) is 0 Å². The zero-order valence-electron chi connectivity index (χ0n) is 30.4. The molecule has 0 rings (SSSR count). The lowest BCUT2D eigenvalue weighted by Gasteiger charge is -2.49. The van der Waals surface area contributed by atoms with Gasteiger partial charge in [0.25, 0.3) is 0 Å². The molecule has 0 aromatic rings. The fourth-order valence-electron chi connectivity index (χ4n) is 7.19. The lowest BCUT2D eigenvalue weighted by molar-refractivity contribution is 0.00151. The fourth-order valence-corrected chi connectivity index (χ4v) is 7.19. The second kappa shape index (κ2) is 28.7. The molecule has 0 aliphatic rings. The van der Waals surface area contributed by atoms with Gasteiger partial charge in [-0.2, -0.15) is 0 Å². The van der Waals surface area contributed by atoms with Crippen molar-refractivity contribution in [3.63, 3.8) is 0 Å². The monoisotopic (exact) mass is 578 g/mol. The topological polar surface area (TPSA) is 3.24 Å². The van der Waals surface area contributed by atoms with Crippen molar-refractivity contribution in [2.75, 3.05) is 6.54 Å². The molecule has 248 valence electrons. The molecule has 0 spiro atoms. The second-order valence-electron chi connectivity index (χ2n) is 15.1. The normalized spacial score (nSPS) is 12.6. The number of hydrogen-bond donors (Lipinski definition) is 0. The molecule has 0 aromatic carbocycles. The molecule has 0 fully saturated rings. The molecule has 0 heterocycles. The summed E-state index contributed by atoms with van der Waals surface area (Å²) in [6.45, 7) is 18.6. The maximum atomic E-state index is 2.97. The van der Waals surface area contributed by atoms with Gasteiger partial charge < -0.3 is 0 Å². The first-order valence-electron chi connectivity index (χ1n) is 19.6. The van der Waals surface area contributed by atoms with E-state index in [0.717, 1.165) is 0 Å².